The van der Waals surface area contributed by atoms with Crippen LogP contribution in [0.25, 0.3) is 0 Å². The number of hydrogen-bond acceptors (Lipinski definition) is 5. The number of morpholine rings is 1. The van der Waals surface area contributed by atoms with E-state index in [1.165, 1.54) is 0 Å². The monoisotopic (exact) mass is 435 g/mol. The maximum absolute atomic E-state index is 13.2. The molecule has 4 rings (SSSR count). The normalized spacial score (nSPS) is 24.2. The van der Waals surface area contributed by atoms with E-state index < -0.39 is 10.0 Å². The molecule has 2 fully saturated rings. The maximum atomic E-state index is 13.2. The number of anilines is 1. The second-order valence-electron chi connectivity index (χ2n) is 8.82. The van der Waals surface area contributed by atoms with Gasteiger partial charge < -0.3 is 9.64 Å². The Morgan fingerprint density at radius 3 is 2.50 bits per heavy atom. The van der Waals surface area contributed by atoms with Crippen molar-refractivity contribution < 1.29 is 17.9 Å². The first-order valence-corrected chi connectivity index (χ1v) is 12.5. The summed E-state index contributed by atoms with van der Waals surface area (Å²) < 4.78 is 33.5. The Labute approximate surface area is 180 Å². The SMILES string of the molecule is CC(=O)N1c2ccc(S(=O)(=O)N3CCC(CCN4CCOCC4)CC3)cc2CC1C. The predicted molar refractivity (Wildman–Crippen MR) is 116 cm³/mol. The summed E-state index contributed by atoms with van der Waals surface area (Å²) in [6, 6.07) is 5.29. The fourth-order valence-corrected chi connectivity index (χ4v) is 6.55. The van der Waals surface area contributed by atoms with Crippen molar-refractivity contribution >= 4 is 21.6 Å². The smallest absolute Gasteiger partial charge is 0.243 e. The van der Waals surface area contributed by atoms with E-state index in [1.54, 1.807) is 34.3 Å². The third-order valence-electron chi connectivity index (χ3n) is 6.77. The first-order chi connectivity index (χ1) is 14.4. The Balaban J connectivity index is 1.37. The molecule has 2 saturated heterocycles. The van der Waals surface area contributed by atoms with Gasteiger partial charge in [0.15, 0.2) is 0 Å². The molecular formula is C22H33N3O4S. The summed E-state index contributed by atoms with van der Waals surface area (Å²) in [6.07, 6.45) is 3.67. The standard InChI is InChI=1S/C22H33N3O4S/c1-17-15-20-16-21(3-4-22(20)25(17)18(2)26)30(27,28)24-9-6-19(7-10-24)5-8-23-11-13-29-14-12-23/h3-4,16-17,19H,5-15H2,1-2H3. The van der Waals surface area contributed by atoms with Crippen LogP contribution < -0.4 is 4.90 Å². The molecule has 0 radical (unpaired) electrons. The number of sulfonamides is 1. The van der Waals surface area contributed by atoms with E-state index in [1.807, 2.05) is 6.92 Å². The van der Waals surface area contributed by atoms with E-state index in [2.05, 4.69) is 4.90 Å². The molecule has 3 heterocycles. The van der Waals surface area contributed by atoms with Gasteiger partial charge in [0.25, 0.3) is 0 Å². The summed E-state index contributed by atoms with van der Waals surface area (Å²) in [5, 5.41) is 0. The van der Waals surface area contributed by atoms with Crippen LogP contribution in [0.1, 0.15) is 38.7 Å². The minimum atomic E-state index is -3.49. The number of ether oxygens (including phenoxy) is 1. The summed E-state index contributed by atoms with van der Waals surface area (Å²) in [5.74, 6) is 0.584. The first kappa shape index (κ1) is 21.7. The molecule has 3 aliphatic heterocycles. The molecule has 0 N–H and O–H groups in total. The molecule has 0 bridgehead atoms. The van der Waals surface area contributed by atoms with Gasteiger partial charge in [0, 0.05) is 44.8 Å². The average Bonchev–Trinajstić information content (AvgIpc) is 3.08. The quantitative estimate of drug-likeness (QED) is 0.709. The molecule has 1 unspecified atom stereocenters. The Bertz CT molecular complexity index is 874. The highest BCUT2D eigenvalue weighted by molar-refractivity contribution is 7.89. The number of carbonyl (C=O) groups is 1. The summed E-state index contributed by atoms with van der Waals surface area (Å²) in [6.45, 7) is 9.46. The Morgan fingerprint density at radius 2 is 1.83 bits per heavy atom. The Morgan fingerprint density at radius 1 is 1.13 bits per heavy atom. The van der Waals surface area contributed by atoms with Crippen LogP contribution in [-0.2, 0) is 26.0 Å². The van der Waals surface area contributed by atoms with E-state index >= 15 is 0 Å². The van der Waals surface area contributed by atoms with Crippen molar-refractivity contribution in [1.29, 1.82) is 0 Å². The van der Waals surface area contributed by atoms with Crippen LogP contribution in [0.4, 0.5) is 5.69 Å². The second-order valence-corrected chi connectivity index (χ2v) is 10.8. The average molecular weight is 436 g/mol. The number of nitrogens with zero attached hydrogens (tertiary/aromatic N) is 3. The molecule has 3 aliphatic rings. The lowest BCUT2D eigenvalue weighted by atomic mass is 9.94. The van der Waals surface area contributed by atoms with Crippen molar-refractivity contribution in [3.05, 3.63) is 23.8 Å². The maximum Gasteiger partial charge on any atom is 0.243 e. The van der Waals surface area contributed by atoms with Gasteiger partial charge in [-0.15, -0.1) is 0 Å². The van der Waals surface area contributed by atoms with Gasteiger partial charge in [0.1, 0.15) is 0 Å². The summed E-state index contributed by atoms with van der Waals surface area (Å²) in [5.41, 5.74) is 1.79. The van der Waals surface area contributed by atoms with Crippen molar-refractivity contribution in [3.8, 4) is 0 Å². The summed E-state index contributed by atoms with van der Waals surface area (Å²) in [7, 11) is -3.49. The van der Waals surface area contributed by atoms with Crippen molar-refractivity contribution in [1.82, 2.24) is 9.21 Å². The summed E-state index contributed by atoms with van der Waals surface area (Å²) >= 11 is 0. The van der Waals surface area contributed by atoms with E-state index in [0.717, 1.165) is 63.4 Å². The molecule has 1 amide bonds. The van der Waals surface area contributed by atoms with E-state index in [0.29, 0.717) is 30.3 Å². The molecule has 0 aromatic heterocycles. The molecule has 166 valence electrons. The molecule has 0 aliphatic carbocycles. The molecule has 0 spiro atoms. The lowest BCUT2D eigenvalue weighted by Crippen LogP contribution is -2.40. The Hall–Kier alpha value is -1.48. The number of hydrogen-bond donors (Lipinski definition) is 0. The topological polar surface area (TPSA) is 70.2 Å². The fraction of sp³-hybridized carbons (Fsp3) is 0.682. The molecule has 1 aromatic carbocycles. The highest BCUT2D eigenvalue weighted by Crippen LogP contribution is 2.35. The number of rotatable bonds is 5. The van der Waals surface area contributed by atoms with Gasteiger partial charge in [-0.1, -0.05) is 0 Å². The van der Waals surface area contributed by atoms with Crippen LogP contribution in [0.5, 0.6) is 0 Å². The molecule has 0 saturated carbocycles. The van der Waals surface area contributed by atoms with Crippen LogP contribution in [0.2, 0.25) is 0 Å². The third-order valence-corrected chi connectivity index (χ3v) is 8.67. The number of carbonyl (C=O) groups excluding carboxylic acids is 1. The first-order valence-electron chi connectivity index (χ1n) is 11.1. The molecule has 30 heavy (non-hydrogen) atoms. The molecule has 7 nitrogen and oxygen atoms in total. The van der Waals surface area contributed by atoms with Gasteiger partial charge in [0.2, 0.25) is 15.9 Å². The highest BCUT2D eigenvalue weighted by Gasteiger charge is 2.33. The van der Waals surface area contributed by atoms with E-state index in [4.69, 9.17) is 4.74 Å². The van der Waals surface area contributed by atoms with Crippen molar-refractivity contribution in [2.75, 3.05) is 50.8 Å². The molecular weight excluding hydrogens is 402 g/mol. The lowest BCUT2D eigenvalue weighted by Gasteiger charge is -2.33. The minimum absolute atomic E-state index is 0.00370. The number of amides is 1. The Kier molecular flexibility index (Phi) is 6.48. The van der Waals surface area contributed by atoms with Gasteiger partial charge in [-0.3, -0.25) is 9.69 Å². The fourth-order valence-electron chi connectivity index (χ4n) is 5.03. The third kappa shape index (κ3) is 4.42. The largest absolute Gasteiger partial charge is 0.379 e. The van der Waals surface area contributed by atoms with Crippen LogP contribution in [0.3, 0.4) is 0 Å². The van der Waals surface area contributed by atoms with Crippen molar-refractivity contribution in [3.63, 3.8) is 0 Å². The van der Waals surface area contributed by atoms with E-state index in [9.17, 15) is 13.2 Å². The van der Waals surface area contributed by atoms with Gasteiger partial charge in [-0.25, -0.2) is 8.42 Å². The van der Waals surface area contributed by atoms with Gasteiger partial charge in [-0.2, -0.15) is 4.31 Å². The van der Waals surface area contributed by atoms with Gasteiger partial charge >= 0.3 is 0 Å². The van der Waals surface area contributed by atoms with Gasteiger partial charge in [-0.05, 0) is 68.8 Å². The van der Waals surface area contributed by atoms with Gasteiger partial charge in [0.05, 0.1) is 18.1 Å². The molecule has 1 atom stereocenters. The predicted octanol–water partition coefficient (Wildman–Crippen LogP) is 2.11. The zero-order chi connectivity index (χ0) is 21.3. The number of fused-ring (bicyclic) bond motifs is 1. The van der Waals surface area contributed by atoms with Crippen molar-refractivity contribution in [2.24, 2.45) is 5.92 Å². The van der Waals surface area contributed by atoms with Crippen LogP contribution in [-0.4, -0.2) is 75.5 Å². The molecule has 8 heteroatoms. The number of benzene rings is 1. The molecule has 1 aromatic rings. The van der Waals surface area contributed by atoms with Crippen molar-refractivity contribution in [2.45, 2.75) is 50.5 Å². The minimum Gasteiger partial charge on any atom is -0.379 e. The lowest BCUT2D eigenvalue weighted by molar-refractivity contribution is -0.116. The number of piperidine rings is 1. The van der Waals surface area contributed by atoms with Crippen LogP contribution in [0.15, 0.2) is 23.1 Å². The van der Waals surface area contributed by atoms with Crippen LogP contribution in [0, 0.1) is 5.92 Å². The second kappa shape index (κ2) is 8.94. The highest BCUT2D eigenvalue weighted by atomic mass is 32.2. The van der Waals surface area contributed by atoms with E-state index in [-0.39, 0.29) is 11.9 Å². The zero-order valence-electron chi connectivity index (χ0n) is 18.0. The zero-order valence-corrected chi connectivity index (χ0v) is 18.9. The van der Waals surface area contributed by atoms with Crippen LogP contribution >= 0.6 is 0 Å². The summed E-state index contributed by atoms with van der Waals surface area (Å²) in [4.78, 5) is 16.5.